The predicted molar refractivity (Wildman–Crippen MR) is 95.3 cm³/mol. The number of benzene rings is 2. The van der Waals surface area contributed by atoms with Crippen molar-refractivity contribution in [1.29, 1.82) is 0 Å². The molecular formula is C20H23FN2O2. The minimum atomic E-state index is -0.320. The molecule has 0 aliphatic carbocycles. The lowest BCUT2D eigenvalue weighted by atomic mass is 10.1. The van der Waals surface area contributed by atoms with E-state index in [4.69, 9.17) is 4.74 Å². The molecule has 1 saturated heterocycles. The Morgan fingerprint density at radius 3 is 2.32 bits per heavy atom. The summed E-state index contributed by atoms with van der Waals surface area (Å²) in [4.78, 5) is 16.6. The lowest BCUT2D eigenvalue weighted by Gasteiger charge is -2.34. The highest BCUT2D eigenvalue weighted by atomic mass is 19.1. The fraction of sp³-hybridized carbons (Fsp3) is 0.350. The standard InChI is InChI=1S/C20H23FN2O2/c21-18-9-7-17(8-10-18)20(24)23-14-12-22(13-15-23)11-4-16-25-19-5-2-1-3-6-19/h1-3,5-10H,4,11-16H2. The molecule has 0 saturated carbocycles. The molecule has 1 heterocycles. The summed E-state index contributed by atoms with van der Waals surface area (Å²) in [6, 6.07) is 15.6. The number of rotatable bonds is 6. The van der Waals surface area contributed by atoms with Crippen LogP contribution in [0.4, 0.5) is 4.39 Å². The van der Waals surface area contributed by atoms with E-state index in [1.165, 1.54) is 12.1 Å². The Kier molecular flexibility index (Phi) is 6.01. The second-order valence-electron chi connectivity index (χ2n) is 6.16. The van der Waals surface area contributed by atoms with Crippen LogP contribution in [0.25, 0.3) is 0 Å². The average molecular weight is 342 g/mol. The summed E-state index contributed by atoms with van der Waals surface area (Å²) in [6.07, 6.45) is 0.959. The zero-order valence-corrected chi connectivity index (χ0v) is 14.2. The molecule has 0 atom stereocenters. The van der Waals surface area contributed by atoms with Gasteiger partial charge in [-0.05, 0) is 42.8 Å². The summed E-state index contributed by atoms with van der Waals surface area (Å²) < 4.78 is 18.7. The number of hydrogen-bond donors (Lipinski definition) is 0. The van der Waals surface area contributed by atoms with Crippen LogP contribution in [-0.4, -0.2) is 55.0 Å². The van der Waals surface area contributed by atoms with Crippen LogP contribution >= 0.6 is 0 Å². The van der Waals surface area contributed by atoms with Gasteiger partial charge in [-0.15, -0.1) is 0 Å². The summed E-state index contributed by atoms with van der Waals surface area (Å²) in [5.74, 6) is 0.559. The molecule has 0 radical (unpaired) electrons. The van der Waals surface area contributed by atoms with Gasteiger partial charge in [0, 0.05) is 38.3 Å². The first-order valence-corrected chi connectivity index (χ1v) is 8.67. The van der Waals surface area contributed by atoms with Gasteiger partial charge in [0.25, 0.3) is 5.91 Å². The average Bonchev–Trinajstić information content (AvgIpc) is 2.67. The van der Waals surface area contributed by atoms with Gasteiger partial charge in [-0.2, -0.15) is 0 Å². The number of carbonyl (C=O) groups is 1. The molecular weight excluding hydrogens is 319 g/mol. The Balaban J connectivity index is 1.37. The monoisotopic (exact) mass is 342 g/mol. The van der Waals surface area contributed by atoms with Crippen molar-refractivity contribution in [2.45, 2.75) is 6.42 Å². The number of halogens is 1. The van der Waals surface area contributed by atoms with Gasteiger partial charge in [0.2, 0.25) is 0 Å². The number of carbonyl (C=O) groups excluding carboxylic acids is 1. The number of hydrogen-bond acceptors (Lipinski definition) is 3. The van der Waals surface area contributed by atoms with Crippen molar-refractivity contribution in [1.82, 2.24) is 9.80 Å². The number of ether oxygens (including phenoxy) is 1. The molecule has 1 amide bonds. The minimum absolute atomic E-state index is 0.0212. The molecule has 132 valence electrons. The molecule has 25 heavy (non-hydrogen) atoms. The molecule has 4 nitrogen and oxygen atoms in total. The van der Waals surface area contributed by atoms with Gasteiger partial charge < -0.3 is 9.64 Å². The second kappa shape index (κ2) is 8.62. The maximum atomic E-state index is 13.0. The van der Waals surface area contributed by atoms with Crippen molar-refractivity contribution in [3.63, 3.8) is 0 Å². The SMILES string of the molecule is O=C(c1ccc(F)cc1)N1CCN(CCCOc2ccccc2)CC1. The predicted octanol–water partition coefficient (Wildman–Crippen LogP) is 3.05. The summed E-state index contributed by atoms with van der Waals surface area (Å²) in [6.45, 7) is 4.78. The normalized spacial score (nSPS) is 15.2. The van der Waals surface area contributed by atoms with E-state index in [2.05, 4.69) is 4.90 Å². The molecule has 1 fully saturated rings. The molecule has 2 aromatic rings. The van der Waals surface area contributed by atoms with E-state index >= 15 is 0 Å². The van der Waals surface area contributed by atoms with Crippen LogP contribution < -0.4 is 4.74 Å². The van der Waals surface area contributed by atoms with Crippen molar-refractivity contribution in [2.24, 2.45) is 0 Å². The summed E-state index contributed by atoms with van der Waals surface area (Å²) >= 11 is 0. The quantitative estimate of drug-likeness (QED) is 0.757. The highest BCUT2D eigenvalue weighted by molar-refractivity contribution is 5.94. The topological polar surface area (TPSA) is 32.8 Å². The molecule has 2 aromatic carbocycles. The van der Waals surface area contributed by atoms with E-state index in [0.717, 1.165) is 31.8 Å². The molecule has 0 N–H and O–H groups in total. The van der Waals surface area contributed by atoms with E-state index in [0.29, 0.717) is 25.3 Å². The highest BCUT2D eigenvalue weighted by Crippen LogP contribution is 2.11. The first-order valence-electron chi connectivity index (χ1n) is 8.67. The second-order valence-corrected chi connectivity index (χ2v) is 6.16. The first kappa shape index (κ1) is 17.4. The van der Waals surface area contributed by atoms with Crippen LogP contribution in [0.2, 0.25) is 0 Å². The van der Waals surface area contributed by atoms with Gasteiger partial charge in [-0.1, -0.05) is 18.2 Å². The van der Waals surface area contributed by atoms with Crippen molar-refractivity contribution < 1.29 is 13.9 Å². The molecule has 0 bridgehead atoms. The van der Waals surface area contributed by atoms with Gasteiger partial charge in [0.15, 0.2) is 0 Å². The lowest BCUT2D eigenvalue weighted by Crippen LogP contribution is -2.49. The highest BCUT2D eigenvalue weighted by Gasteiger charge is 2.21. The fourth-order valence-electron chi connectivity index (χ4n) is 2.94. The van der Waals surface area contributed by atoms with E-state index in [1.54, 1.807) is 12.1 Å². The number of amides is 1. The van der Waals surface area contributed by atoms with E-state index in [1.807, 2.05) is 35.2 Å². The Labute approximate surface area is 147 Å². The van der Waals surface area contributed by atoms with Crippen LogP contribution in [0.1, 0.15) is 16.8 Å². The summed E-state index contributed by atoms with van der Waals surface area (Å²) in [7, 11) is 0. The fourth-order valence-corrected chi connectivity index (χ4v) is 2.94. The van der Waals surface area contributed by atoms with Crippen LogP contribution in [0.5, 0.6) is 5.75 Å². The lowest BCUT2D eigenvalue weighted by molar-refractivity contribution is 0.0630. The molecule has 0 unspecified atom stereocenters. The van der Waals surface area contributed by atoms with Crippen molar-refractivity contribution >= 4 is 5.91 Å². The third-order valence-electron chi connectivity index (χ3n) is 4.38. The van der Waals surface area contributed by atoms with E-state index < -0.39 is 0 Å². The maximum absolute atomic E-state index is 13.0. The zero-order chi connectivity index (χ0) is 17.5. The minimum Gasteiger partial charge on any atom is -0.494 e. The van der Waals surface area contributed by atoms with Crippen LogP contribution in [0.3, 0.4) is 0 Å². The van der Waals surface area contributed by atoms with Crippen molar-refractivity contribution in [3.8, 4) is 5.75 Å². The summed E-state index contributed by atoms with van der Waals surface area (Å²) in [5.41, 5.74) is 0.547. The van der Waals surface area contributed by atoms with Gasteiger partial charge in [0.1, 0.15) is 11.6 Å². The van der Waals surface area contributed by atoms with Gasteiger partial charge in [0.05, 0.1) is 6.61 Å². The molecule has 3 rings (SSSR count). The molecule has 5 heteroatoms. The third-order valence-corrected chi connectivity index (χ3v) is 4.38. The van der Waals surface area contributed by atoms with Crippen LogP contribution in [0.15, 0.2) is 54.6 Å². The Morgan fingerprint density at radius 2 is 1.64 bits per heavy atom. The smallest absolute Gasteiger partial charge is 0.253 e. The van der Waals surface area contributed by atoms with Gasteiger partial charge >= 0.3 is 0 Å². The van der Waals surface area contributed by atoms with Gasteiger partial charge in [-0.25, -0.2) is 4.39 Å². The van der Waals surface area contributed by atoms with E-state index in [9.17, 15) is 9.18 Å². The van der Waals surface area contributed by atoms with Gasteiger partial charge in [-0.3, -0.25) is 9.69 Å². The molecule has 0 spiro atoms. The number of nitrogens with zero attached hydrogens (tertiary/aromatic N) is 2. The maximum Gasteiger partial charge on any atom is 0.253 e. The Bertz CT molecular complexity index is 668. The zero-order valence-electron chi connectivity index (χ0n) is 14.2. The van der Waals surface area contributed by atoms with Crippen LogP contribution in [-0.2, 0) is 0 Å². The number of piperazine rings is 1. The number of para-hydroxylation sites is 1. The Hall–Kier alpha value is -2.40. The third kappa shape index (κ3) is 5.03. The summed E-state index contributed by atoms with van der Waals surface area (Å²) in [5, 5.41) is 0. The Morgan fingerprint density at radius 1 is 0.960 bits per heavy atom. The van der Waals surface area contributed by atoms with Crippen molar-refractivity contribution in [2.75, 3.05) is 39.3 Å². The molecule has 1 aliphatic rings. The van der Waals surface area contributed by atoms with E-state index in [-0.39, 0.29) is 11.7 Å². The largest absolute Gasteiger partial charge is 0.494 e. The molecule has 1 aliphatic heterocycles. The molecule has 0 aromatic heterocycles. The van der Waals surface area contributed by atoms with Crippen LogP contribution in [0, 0.1) is 5.82 Å². The first-order chi connectivity index (χ1) is 12.2. The van der Waals surface area contributed by atoms with Crippen molar-refractivity contribution in [3.05, 3.63) is 66.0 Å².